The molecule has 1 heteroatoms. The average Bonchev–Trinajstić information content (AvgIpc) is 2.29. The number of alkyl halides is 1. The van der Waals surface area contributed by atoms with E-state index in [-0.39, 0.29) is 0 Å². The van der Waals surface area contributed by atoms with Crippen LogP contribution >= 0.6 is 15.9 Å². The van der Waals surface area contributed by atoms with Crippen molar-refractivity contribution in [3.8, 4) is 0 Å². The highest BCUT2D eigenvalue weighted by atomic mass is 79.9. The van der Waals surface area contributed by atoms with Crippen molar-refractivity contribution >= 4 is 15.9 Å². The van der Waals surface area contributed by atoms with Crippen molar-refractivity contribution in [3.63, 3.8) is 0 Å². The first-order valence-electron chi connectivity index (χ1n) is 5.96. The maximum absolute atomic E-state index is 3.57. The summed E-state index contributed by atoms with van der Waals surface area (Å²) in [6, 6.07) is 9.16. The summed E-state index contributed by atoms with van der Waals surface area (Å²) in [4.78, 5) is 0. The number of aryl methyl sites for hydroxylation is 1. The number of halogens is 1. The molecule has 0 radical (unpaired) electrons. The molecule has 0 spiro atoms. The second-order valence-electron chi connectivity index (χ2n) is 4.10. The summed E-state index contributed by atoms with van der Waals surface area (Å²) >= 11 is 3.57. The van der Waals surface area contributed by atoms with Crippen LogP contribution in [0, 0.1) is 0 Å². The third-order valence-corrected chi connectivity index (χ3v) is 3.73. The van der Waals surface area contributed by atoms with Crippen LogP contribution in [0.2, 0.25) is 0 Å². The van der Waals surface area contributed by atoms with Crippen molar-refractivity contribution in [2.24, 2.45) is 0 Å². The standard InChI is InChI=1S/C14H21Br/c1-3-5-6-12-7-9-14(10-8-12)13(4-2)11-15/h7-10,13H,3-6,11H2,1-2H3. The second kappa shape index (κ2) is 7.05. The Bertz CT molecular complexity index is 259. The minimum absolute atomic E-state index is 0.672. The van der Waals surface area contributed by atoms with Gasteiger partial charge in [-0.15, -0.1) is 0 Å². The van der Waals surface area contributed by atoms with Crippen molar-refractivity contribution in [1.29, 1.82) is 0 Å². The molecule has 0 amide bonds. The summed E-state index contributed by atoms with van der Waals surface area (Å²) in [5.74, 6) is 0.672. The Morgan fingerprint density at radius 1 is 1.13 bits per heavy atom. The van der Waals surface area contributed by atoms with Crippen molar-refractivity contribution in [2.75, 3.05) is 5.33 Å². The molecule has 1 rings (SSSR count). The predicted octanol–water partition coefficient (Wildman–Crippen LogP) is 4.92. The van der Waals surface area contributed by atoms with E-state index in [1.54, 1.807) is 0 Å². The molecule has 1 atom stereocenters. The molecular formula is C14H21Br. The zero-order chi connectivity index (χ0) is 11.1. The molecule has 0 saturated carbocycles. The van der Waals surface area contributed by atoms with Crippen LogP contribution in [-0.2, 0) is 6.42 Å². The van der Waals surface area contributed by atoms with Gasteiger partial charge in [0.05, 0.1) is 0 Å². The van der Waals surface area contributed by atoms with Gasteiger partial charge in [-0.3, -0.25) is 0 Å². The number of unbranched alkanes of at least 4 members (excludes halogenated alkanes) is 1. The van der Waals surface area contributed by atoms with Gasteiger partial charge in [0.2, 0.25) is 0 Å². The molecule has 1 unspecified atom stereocenters. The van der Waals surface area contributed by atoms with Crippen LogP contribution in [0.3, 0.4) is 0 Å². The third kappa shape index (κ3) is 3.98. The molecule has 0 heterocycles. The number of rotatable bonds is 6. The fourth-order valence-electron chi connectivity index (χ4n) is 1.77. The first-order chi connectivity index (χ1) is 7.31. The van der Waals surface area contributed by atoms with Crippen LogP contribution in [0.15, 0.2) is 24.3 Å². The van der Waals surface area contributed by atoms with Crippen molar-refractivity contribution in [3.05, 3.63) is 35.4 Å². The summed E-state index contributed by atoms with van der Waals surface area (Å²) in [5, 5.41) is 1.07. The SMILES string of the molecule is CCCCc1ccc(C(CC)CBr)cc1. The van der Waals surface area contributed by atoms with Gasteiger partial charge >= 0.3 is 0 Å². The molecule has 0 bridgehead atoms. The fourth-order valence-corrected chi connectivity index (χ4v) is 2.60. The smallest absolute Gasteiger partial charge is 0.0100 e. The highest BCUT2D eigenvalue weighted by Crippen LogP contribution is 2.22. The fraction of sp³-hybridized carbons (Fsp3) is 0.571. The van der Waals surface area contributed by atoms with E-state index < -0.39 is 0 Å². The van der Waals surface area contributed by atoms with Gasteiger partial charge in [0.15, 0.2) is 0 Å². The Morgan fingerprint density at radius 2 is 1.80 bits per heavy atom. The highest BCUT2D eigenvalue weighted by molar-refractivity contribution is 9.09. The van der Waals surface area contributed by atoms with Gasteiger partial charge < -0.3 is 0 Å². The van der Waals surface area contributed by atoms with Crippen LogP contribution in [0.1, 0.15) is 50.2 Å². The molecule has 15 heavy (non-hydrogen) atoms. The van der Waals surface area contributed by atoms with E-state index in [1.165, 1.54) is 36.8 Å². The zero-order valence-electron chi connectivity index (χ0n) is 9.80. The van der Waals surface area contributed by atoms with Crippen LogP contribution < -0.4 is 0 Å². The number of benzene rings is 1. The lowest BCUT2D eigenvalue weighted by Gasteiger charge is -2.12. The monoisotopic (exact) mass is 268 g/mol. The molecule has 0 aliphatic rings. The second-order valence-corrected chi connectivity index (χ2v) is 4.75. The van der Waals surface area contributed by atoms with E-state index in [0.29, 0.717) is 5.92 Å². The molecule has 0 aliphatic carbocycles. The van der Waals surface area contributed by atoms with E-state index >= 15 is 0 Å². The Balaban J connectivity index is 2.62. The van der Waals surface area contributed by atoms with Gasteiger partial charge in [0.1, 0.15) is 0 Å². The summed E-state index contributed by atoms with van der Waals surface area (Å²) in [6.45, 7) is 4.49. The van der Waals surface area contributed by atoms with Crippen molar-refractivity contribution in [2.45, 2.75) is 45.4 Å². The Kier molecular flexibility index (Phi) is 6.00. The lowest BCUT2D eigenvalue weighted by atomic mass is 9.96. The van der Waals surface area contributed by atoms with E-state index in [4.69, 9.17) is 0 Å². The van der Waals surface area contributed by atoms with Gasteiger partial charge in [-0.2, -0.15) is 0 Å². The van der Waals surface area contributed by atoms with E-state index in [9.17, 15) is 0 Å². The van der Waals surface area contributed by atoms with Crippen LogP contribution in [0.25, 0.3) is 0 Å². The van der Waals surface area contributed by atoms with Crippen LogP contribution in [0.4, 0.5) is 0 Å². The molecule has 84 valence electrons. The first kappa shape index (κ1) is 12.8. The maximum Gasteiger partial charge on any atom is 0.0100 e. The molecule has 0 nitrogen and oxygen atoms in total. The average molecular weight is 269 g/mol. The molecule has 1 aromatic carbocycles. The van der Waals surface area contributed by atoms with E-state index in [2.05, 4.69) is 54.0 Å². The lowest BCUT2D eigenvalue weighted by molar-refractivity contribution is 0.746. The summed E-state index contributed by atoms with van der Waals surface area (Å²) in [5.41, 5.74) is 2.94. The zero-order valence-corrected chi connectivity index (χ0v) is 11.4. The molecule has 0 aromatic heterocycles. The molecule has 0 N–H and O–H groups in total. The lowest BCUT2D eigenvalue weighted by Crippen LogP contribution is -1.98. The van der Waals surface area contributed by atoms with Gasteiger partial charge in [0.25, 0.3) is 0 Å². The van der Waals surface area contributed by atoms with Gasteiger partial charge in [-0.1, -0.05) is 60.5 Å². The highest BCUT2D eigenvalue weighted by Gasteiger charge is 2.06. The van der Waals surface area contributed by atoms with E-state index in [1.807, 2.05) is 0 Å². The Morgan fingerprint density at radius 3 is 2.27 bits per heavy atom. The predicted molar refractivity (Wildman–Crippen MR) is 71.9 cm³/mol. The Labute approximate surface area is 102 Å². The Hall–Kier alpha value is -0.300. The van der Waals surface area contributed by atoms with Crippen molar-refractivity contribution in [1.82, 2.24) is 0 Å². The number of hydrogen-bond donors (Lipinski definition) is 0. The quantitative estimate of drug-likeness (QED) is 0.643. The molecular weight excluding hydrogens is 248 g/mol. The molecule has 0 fully saturated rings. The summed E-state index contributed by atoms with van der Waals surface area (Å²) < 4.78 is 0. The normalized spacial score (nSPS) is 12.7. The third-order valence-electron chi connectivity index (χ3n) is 2.95. The minimum Gasteiger partial charge on any atom is -0.0921 e. The summed E-state index contributed by atoms with van der Waals surface area (Å²) in [7, 11) is 0. The van der Waals surface area contributed by atoms with Crippen molar-refractivity contribution < 1.29 is 0 Å². The largest absolute Gasteiger partial charge is 0.0921 e. The molecule has 0 saturated heterocycles. The number of hydrogen-bond acceptors (Lipinski definition) is 0. The summed E-state index contributed by atoms with van der Waals surface area (Å²) in [6.07, 6.45) is 5.01. The van der Waals surface area contributed by atoms with Gasteiger partial charge in [-0.25, -0.2) is 0 Å². The topological polar surface area (TPSA) is 0 Å². The molecule has 0 aliphatic heterocycles. The maximum atomic E-state index is 3.57. The van der Waals surface area contributed by atoms with Crippen LogP contribution in [0.5, 0.6) is 0 Å². The minimum atomic E-state index is 0.672. The first-order valence-corrected chi connectivity index (χ1v) is 7.08. The van der Waals surface area contributed by atoms with E-state index in [0.717, 1.165) is 5.33 Å². The molecule has 1 aromatic rings. The van der Waals surface area contributed by atoms with Gasteiger partial charge in [-0.05, 0) is 36.3 Å². The van der Waals surface area contributed by atoms with Crippen LogP contribution in [-0.4, -0.2) is 5.33 Å². The van der Waals surface area contributed by atoms with Gasteiger partial charge in [0, 0.05) is 5.33 Å².